The van der Waals surface area contributed by atoms with Crippen LogP contribution in [0.4, 0.5) is 0 Å². The predicted molar refractivity (Wildman–Crippen MR) is 239 cm³/mol. The molecule has 0 amide bonds. The Bertz CT molecular complexity index is 3030. The van der Waals surface area contributed by atoms with Gasteiger partial charge in [0.1, 0.15) is 0 Å². The van der Waals surface area contributed by atoms with Gasteiger partial charge in [0, 0.05) is 47.5 Å². The van der Waals surface area contributed by atoms with E-state index in [0.717, 1.165) is 22.2 Å². The zero-order chi connectivity index (χ0) is 36.9. The normalized spacial score (nSPS) is 12.6. The highest BCUT2D eigenvalue weighted by molar-refractivity contribution is 7.27. The van der Waals surface area contributed by atoms with E-state index in [1.807, 2.05) is 11.3 Å². The van der Waals surface area contributed by atoms with Crippen molar-refractivity contribution in [2.45, 2.75) is 39.3 Å². The molecule has 3 heterocycles. The molecule has 10 rings (SSSR count). The monoisotopic (exact) mass is 748 g/mol. The maximum absolute atomic E-state index is 5.38. The summed E-state index contributed by atoms with van der Waals surface area (Å²) in [6.45, 7) is 14.3. The molecule has 0 N–H and O–H groups in total. The Balaban J connectivity index is 1.35. The molecule has 0 aliphatic rings. The average molecular weight is 749 g/mol. The maximum atomic E-state index is 5.38. The number of hydrogen-bond donors (Lipinski definition) is 0. The van der Waals surface area contributed by atoms with Gasteiger partial charge in [-0.3, -0.25) is 4.57 Å². The molecule has 0 aliphatic carbocycles. The molecule has 0 atom stereocenters. The molecule has 0 bridgehead atoms. The van der Waals surface area contributed by atoms with E-state index in [1.54, 1.807) is 0 Å². The van der Waals surface area contributed by atoms with Crippen molar-refractivity contribution in [3.63, 3.8) is 0 Å². The summed E-state index contributed by atoms with van der Waals surface area (Å²) in [6.07, 6.45) is 0. The van der Waals surface area contributed by atoms with Gasteiger partial charge in [-0.1, -0.05) is 171 Å². The van der Waals surface area contributed by atoms with E-state index in [0.29, 0.717) is 17.6 Å². The molecule has 7 aromatic carbocycles. The lowest BCUT2D eigenvalue weighted by Gasteiger charge is -2.17. The smallest absolute Gasteiger partial charge is 0.238 e. The maximum Gasteiger partial charge on any atom is 0.238 e. The van der Waals surface area contributed by atoms with Gasteiger partial charge in [0.2, 0.25) is 5.95 Å². The lowest BCUT2D eigenvalue weighted by atomic mass is 9.95. The number of aromatic nitrogens is 4. The van der Waals surface area contributed by atoms with Crippen LogP contribution >= 0.6 is 11.3 Å². The van der Waals surface area contributed by atoms with E-state index < -0.39 is 16.1 Å². The van der Waals surface area contributed by atoms with Crippen LogP contribution in [-0.4, -0.2) is 35.7 Å². The molecule has 0 saturated heterocycles. The number of fused-ring (bicyclic) bond motifs is 12. The second kappa shape index (κ2) is 12.0. The molecule has 10 aromatic rings. The molecule has 0 spiro atoms. The van der Waals surface area contributed by atoms with Crippen LogP contribution in [0.1, 0.15) is 0 Å². The van der Waals surface area contributed by atoms with Crippen LogP contribution in [0.15, 0.2) is 133 Å². The third kappa shape index (κ3) is 5.17. The molecule has 0 aliphatic heterocycles. The van der Waals surface area contributed by atoms with Gasteiger partial charge in [-0.25, -0.2) is 4.98 Å². The highest BCUT2D eigenvalue weighted by atomic mass is 32.1. The summed E-state index contributed by atoms with van der Waals surface area (Å²) in [5.41, 5.74) is 4.20. The van der Waals surface area contributed by atoms with Crippen molar-refractivity contribution in [3.05, 3.63) is 133 Å². The minimum atomic E-state index is -1.49. The van der Waals surface area contributed by atoms with Crippen molar-refractivity contribution in [1.82, 2.24) is 19.5 Å². The van der Waals surface area contributed by atoms with Crippen LogP contribution in [-0.2, 0) is 0 Å². The van der Waals surface area contributed by atoms with E-state index in [2.05, 4.69) is 177 Å². The van der Waals surface area contributed by atoms with Crippen molar-refractivity contribution in [2.75, 3.05) is 0 Å². The Morgan fingerprint density at radius 3 is 1.65 bits per heavy atom. The summed E-state index contributed by atoms with van der Waals surface area (Å²) in [4.78, 5) is 16.0. The first-order valence-corrected chi connectivity index (χ1v) is 26.5. The predicted octanol–water partition coefficient (Wildman–Crippen LogP) is 12.1. The van der Waals surface area contributed by atoms with Gasteiger partial charge in [-0.2, -0.15) is 9.97 Å². The van der Waals surface area contributed by atoms with E-state index in [9.17, 15) is 0 Å². The summed E-state index contributed by atoms with van der Waals surface area (Å²) in [6, 6.07) is 48.8. The summed E-state index contributed by atoms with van der Waals surface area (Å²) in [5, 5.41) is 12.8. The van der Waals surface area contributed by atoms with Crippen molar-refractivity contribution in [1.29, 1.82) is 0 Å². The number of hydrogen-bond acceptors (Lipinski definition) is 4. The largest absolute Gasteiger partial charge is 0.277 e. The average Bonchev–Trinajstić information content (AvgIpc) is 3.73. The molecule has 4 nitrogen and oxygen atoms in total. The van der Waals surface area contributed by atoms with E-state index >= 15 is 0 Å². The summed E-state index contributed by atoms with van der Waals surface area (Å²) < 4.78 is 4.88. The van der Waals surface area contributed by atoms with Crippen molar-refractivity contribution < 1.29 is 0 Å². The minimum absolute atomic E-state index is 0.626. The van der Waals surface area contributed by atoms with Gasteiger partial charge < -0.3 is 0 Å². The fraction of sp³-hybridized carbons (Fsp3) is 0.128. The van der Waals surface area contributed by atoms with Crippen LogP contribution in [0.25, 0.3) is 92.2 Å². The zero-order valence-corrected chi connectivity index (χ0v) is 34.2. The number of nitrogens with zero attached hydrogens (tertiary/aromatic N) is 4. The molecule has 54 heavy (non-hydrogen) atoms. The van der Waals surface area contributed by atoms with Gasteiger partial charge in [-0.15, -0.1) is 11.3 Å². The summed E-state index contributed by atoms with van der Waals surface area (Å²) in [5.74, 6) is 1.98. The molecular formula is C47H40N4SSi2. The second-order valence-corrected chi connectivity index (χ2v) is 27.7. The van der Waals surface area contributed by atoms with E-state index in [-0.39, 0.29) is 0 Å². The molecule has 3 aromatic heterocycles. The highest BCUT2D eigenvalue weighted by Gasteiger charge is 2.25. The fourth-order valence-electron chi connectivity index (χ4n) is 8.10. The first-order chi connectivity index (χ1) is 26.0. The molecule has 0 fully saturated rings. The molecule has 262 valence electrons. The standard InChI is InChI=1S/C47H40N4SSi2/c1-53(2,3)32-24-19-30(20-25-32)45-48-46(31-21-26-33(27-22-31)54(4,5)6)50-47(49-45)51-38-17-11-9-15-35(38)40-37-28-23-29-13-7-8-14-34(29)41(37)44-42(43(40)51)36-16-10-12-18-39(36)52-44/h7-28H,1-6H3. The molecule has 7 heteroatoms. The van der Waals surface area contributed by atoms with Gasteiger partial charge in [-0.05, 0) is 28.3 Å². The van der Waals surface area contributed by atoms with Crippen molar-refractivity contribution >= 4 is 101 Å². The fourth-order valence-corrected chi connectivity index (χ4v) is 11.7. The molecule has 0 radical (unpaired) electrons. The highest BCUT2D eigenvalue weighted by Crippen LogP contribution is 2.49. The van der Waals surface area contributed by atoms with Crippen molar-refractivity contribution in [3.8, 4) is 28.7 Å². The Hall–Kier alpha value is -5.48. The van der Waals surface area contributed by atoms with Crippen LogP contribution in [0.5, 0.6) is 0 Å². The Morgan fingerprint density at radius 1 is 0.463 bits per heavy atom. The Morgan fingerprint density at radius 2 is 1.02 bits per heavy atom. The topological polar surface area (TPSA) is 43.6 Å². The zero-order valence-electron chi connectivity index (χ0n) is 31.4. The van der Waals surface area contributed by atoms with Crippen LogP contribution in [0, 0.1) is 0 Å². The number of para-hydroxylation sites is 1. The number of benzene rings is 7. The van der Waals surface area contributed by atoms with Gasteiger partial charge in [0.25, 0.3) is 0 Å². The van der Waals surface area contributed by atoms with Crippen LogP contribution in [0.3, 0.4) is 0 Å². The molecular weight excluding hydrogens is 709 g/mol. The molecule has 0 unspecified atom stereocenters. The van der Waals surface area contributed by atoms with Crippen molar-refractivity contribution in [2.24, 2.45) is 0 Å². The first-order valence-electron chi connectivity index (χ1n) is 18.7. The third-order valence-corrected chi connectivity index (χ3v) is 16.3. The SMILES string of the molecule is C[Si](C)(C)c1ccc(-c2nc(-c3ccc([Si](C)(C)C)cc3)nc(-n3c4ccccc4c4c5ccc6ccccc6c5c5sc6ccccc6c5c43)n2)cc1. The minimum Gasteiger partial charge on any atom is -0.277 e. The van der Waals surface area contributed by atoms with Crippen LogP contribution < -0.4 is 10.4 Å². The second-order valence-electron chi connectivity index (χ2n) is 16.5. The lowest BCUT2D eigenvalue weighted by molar-refractivity contribution is 0.955. The lowest BCUT2D eigenvalue weighted by Crippen LogP contribution is -2.37. The van der Waals surface area contributed by atoms with E-state index in [4.69, 9.17) is 15.0 Å². The van der Waals surface area contributed by atoms with Crippen LogP contribution in [0.2, 0.25) is 39.3 Å². The summed E-state index contributed by atoms with van der Waals surface area (Å²) in [7, 11) is -2.98. The quantitative estimate of drug-likeness (QED) is 0.130. The number of rotatable bonds is 5. The Labute approximate surface area is 320 Å². The van der Waals surface area contributed by atoms with Gasteiger partial charge >= 0.3 is 0 Å². The Kier molecular flexibility index (Phi) is 7.37. The first kappa shape index (κ1) is 33.1. The summed E-state index contributed by atoms with van der Waals surface area (Å²) >= 11 is 1.88. The van der Waals surface area contributed by atoms with E-state index in [1.165, 1.54) is 62.9 Å². The van der Waals surface area contributed by atoms with Gasteiger partial charge in [0.05, 0.1) is 27.2 Å². The molecule has 0 saturated carbocycles. The van der Waals surface area contributed by atoms with Gasteiger partial charge in [0.15, 0.2) is 11.6 Å². The third-order valence-electron chi connectivity index (χ3n) is 11.0. The number of thiophene rings is 1.